The lowest BCUT2D eigenvalue weighted by Gasteiger charge is -2.23. The Bertz CT molecular complexity index is 1070. The molecule has 0 fully saturated rings. The highest BCUT2D eigenvalue weighted by molar-refractivity contribution is 8.00. The van der Waals surface area contributed by atoms with E-state index in [1.165, 1.54) is 11.8 Å². The molecule has 0 saturated carbocycles. The molecule has 0 radical (unpaired) electrons. The first kappa shape index (κ1) is 18.5. The van der Waals surface area contributed by atoms with Crippen LogP contribution in [-0.4, -0.2) is 38.9 Å². The Morgan fingerprint density at radius 1 is 1.21 bits per heavy atom. The first-order chi connectivity index (χ1) is 13.6. The number of carbonyl (C=O) groups excluding carboxylic acids is 1. The maximum atomic E-state index is 11.3. The molecule has 1 atom stereocenters. The van der Waals surface area contributed by atoms with Gasteiger partial charge in [0.25, 0.3) is 0 Å². The molecule has 2 heterocycles. The molecule has 0 bridgehead atoms. The summed E-state index contributed by atoms with van der Waals surface area (Å²) in [4.78, 5) is 11.3. The van der Waals surface area contributed by atoms with Gasteiger partial charge in [-0.25, -0.2) is 0 Å². The van der Waals surface area contributed by atoms with Gasteiger partial charge in [-0.1, -0.05) is 47.6 Å². The van der Waals surface area contributed by atoms with Crippen molar-refractivity contribution in [2.75, 3.05) is 7.11 Å². The average Bonchev–Trinajstić information content (AvgIpc) is 3.10. The number of ether oxygens (including phenoxy) is 1. The van der Waals surface area contributed by atoms with Gasteiger partial charge in [-0.15, -0.1) is 10.2 Å². The third-order valence-corrected chi connectivity index (χ3v) is 5.60. The molecule has 2 aromatic carbocycles. The van der Waals surface area contributed by atoms with Gasteiger partial charge in [0.1, 0.15) is 5.75 Å². The van der Waals surface area contributed by atoms with E-state index in [9.17, 15) is 9.90 Å². The second-order valence-electron chi connectivity index (χ2n) is 5.99. The van der Waals surface area contributed by atoms with Crippen LogP contribution in [0.1, 0.15) is 12.0 Å². The number of hydrogen-bond acceptors (Lipinski definition) is 7. The molecule has 4 rings (SSSR count). The van der Waals surface area contributed by atoms with Crippen LogP contribution < -0.4 is 9.84 Å². The van der Waals surface area contributed by atoms with Crippen molar-refractivity contribution in [3.63, 3.8) is 0 Å². The first-order valence-corrected chi connectivity index (χ1v) is 9.62. The molecule has 0 unspecified atom stereocenters. The Balaban J connectivity index is 1.85. The number of para-hydroxylation sites is 1. The lowest BCUT2D eigenvalue weighted by Crippen LogP contribution is -2.32. The highest BCUT2D eigenvalue weighted by Crippen LogP contribution is 2.36. The fourth-order valence-electron chi connectivity index (χ4n) is 2.94. The summed E-state index contributed by atoms with van der Waals surface area (Å²) >= 11 is 7.27. The van der Waals surface area contributed by atoms with Crippen LogP contribution in [0.3, 0.4) is 0 Å². The van der Waals surface area contributed by atoms with Crippen molar-refractivity contribution in [3.8, 4) is 17.1 Å². The lowest BCUT2D eigenvalue weighted by atomic mass is 10.1. The number of benzene rings is 2. The second kappa shape index (κ2) is 7.65. The zero-order valence-corrected chi connectivity index (χ0v) is 16.3. The number of fused-ring (bicyclic) bond motifs is 1. The number of carbonyl (C=O) groups is 1. The van der Waals surface area contributed by atoms with Crippen LogP contribution in [0, 0.1) is 0 Å². The highest BCUT2D eigenvalue weighted by atomic mass is 35.5. The zero-order chi connectivity index (χ0) is 19.7. The Morgan fingerprint density at radius 3 is 2.68 bits per heavy atom. The van der Waals surface area contributed by atoms with Crippen LogP contribution in [0.4, 0.5) is 0 Å². The average molecular weight is 414 g/mol. The maximum Gasteiger partial charge on any atom is 0.213 e. The number of hydrogen-bond donors (Lipinski definition) is 0. The SMILES string of the molecule is COc1ccccc1-c1nnc2n1N=C(c1ccc(Cl)cc1)[C@@H](CC(=O)[O-])S2. The Morgan fingerprint density at radius 2 is 1.96 bits per heavy atom. The van der Waals surface area contributed by atoms with Crippen LogP contribution in [0.5, 0.6) is 5.75 Å². The summed E-state index contributed by atoms with van der Waals surface area (Å²) in [6, 6.07) is 14.5. The van der Waals surface area contributed by atoms with E-state index in [1.807, 2.05) is 36.4 Å². The van der Waals surface area contributed by atoms with Crippen LogP contribution in [0.2, 0.25) is 5.02 Å². The Kier molecular flexibility index (Phi) is 5.06. The predicted octanol–water partition coefficient (Wildman–Crippen LogP) is 2.47. The van der Waals surface area contributed by atoms with Crippen molar-refractivity contribution in [3.05, 3.63) is 59.1 Å². The minimum Gasteiger partial charge on any atom is -0.550 e. The quantitative estimate of drug-likeness (QED) is 0.638. The van der Waals surface area contributed by atoms with Crippen molar-refractivity contribution >= 4 is 35.0 Å². The number of aromatic nitrogens is 3. The second-order valence-corrected chi connectivity index (χ2v) is 7.60. The number of rotatable bonds is 5. The minimum atomic E-state index is -1.16. The smallest absolute Gasteiger partial charge is 0.213 e. The molecule has 0 amide bonds. The molecular weight excluding hydrogens is 400 g/mol. The monoisotopic (exact) mass is 413 g/mol. The third-order valence-electron chi connectivity index (χ3n) is 4.21. The van der Waals surface area contributed by atoms with Gasteiger partial charge in [0, 0.05) is 17.4 Å². The van der Waals surface area contributed by atoms with Gasteiger partial charge in [0.2, 0.25) is 5.16 Å². The van der Waals surface area contributed by atoms with Crippen LogP contribution >= 0.6 is 23.4 Å². The van der Waals surface area contributed by atoms with E-state index in [0.29, 0.717) is 27.5 Å². The molecular formula is C19H14ClN4O3S-. The molecule has 142 valence electrons. The fraction of sp³-hybridized carbons (Fsp3) is 0.158. The molecule has 28 heavy (non-hydrogen) atoms. The summed E-state index contributed by atoms with van der Waals surface area (Å²) in [5.74, 6) is -0.00167. The van der Waals surface area contributed by atoms with E-state index in [2.05, 4.69) is 15.3 Å². The summed E-state index contributed by atoms with van der Waals surface area (Å²) in [5.41, 5.74) is 2.10. The molecule has 1 aliphatic rings. The lowest BCUT2D eigenvalue weighted by molar-refractivity contribution is -0.305. The van der Waals surface area contributed by atoms with Crippen LogP contribution in [-0.2, 0) is 4.79 Å². The van der Waals surface area contributed by atoms with Crippen LogP contribution in [0.25, 0.3) is 11.4 Å². The summed E-state index contributed by atoms with van der Waals surface area (Å²) in [7, 11) is 1.58. The molecule has 0 aliphatic carbocycles. The predicted molar refractivity (Wildman–Crippen MR) is 105 cm³/mol. The molecule has 1 aromatic heterocycles. The summed E-state index contributed by atoms with van der Waals surface area (Å²) < 4.78 is 7.03. The van der Waals surface area contributed by atoms with Crippen molar-refractivity contribution in [1.29, 1.82) is 0 Å². The molecule has 1 aliphatic heterocycles. The van der Waals surface area contributed by atoms with Gasteiger partial charge in [-0.2, -0.15) is 9.78 Å². The standard InChI is InChI=1S/C19H15ClN4O3S/c1-27-14-5-3-2-4-13(14)18-21-22-19-24(18)23-17(15(28-19)10-16(25)26)11-6-8-12(20)9-7-11/h2-9,15H,10H2,1H3,(H,25,26)/p-1/t15-/m1/s1. The number of methoxy groups -OCH3 is 1. The highest BCUT2D eigenvalue weighted by Gasteiger charge is 2.30. The normalized spacial score (nSPS) is 15.6. The number of carboxylic acid groups (broad SMARTS) is 1. The number of aliphatic carboxylic acids is 1. The number of halogens is 1. The van der Waals surface area contributed by atoms with Crippen molar-refractivity contribution in [2.45, 2.75) is 16.8 Å². The van der Waals surface area contributed by atoms with E-state index in [0.717, 1.165) is 11.1 Å². The van der Waals surface area contributed by atoms with Crippen LogP contribution in [0.15, 0.2) is 58.8 Å². The van der Waals surface area contributed by atoms with E-state index in [1.54, 1.807) is 23.9 Å². The maximum absolute atomic E-state index is 11.3. The van der Waals surface area contributed by atoms with Gasteiger partial charge < -0.3 is 14.6 Å². The van der Waals surface area contributed by atoms with Gasteiger partial charge in [-0.3, -0.25) is 0 Å². The molecule has 0 spiro atoms. The summed E-state index contributed by atoms with van der Waals surface area (Å²) in [5, 5.41) is 25.0. The van der Waals surface area contributed by atoms with Crippen molar-refractivity contribution in [1.82, 2.24) is 14.9 Å². The minimum absolute atomic E-state index is 0.191. The number of nitrogens with zero attached hydrogens (tertiary/aromatic N) is 4. The van der Waals surface area contributed by atoms with E-state index in [4.69, 9.17) is 16.3 Å². The van der Waals surface area contributed by atoms with E-state index >= 15 is 0 Å². The van der Waals surface area contributed by atoms with E-state index < -0.39 is 11.2 Å². The molecule has 0 saturated heterocycles. The first-order valence-electron chi connectivity index (χ1n) is 8.37. The summed E-state index contributed by atoms with van der Waals surface area (Å²) in [6.07, 6.45) is -0.191. The Hall–Kier alpha value is -2.84. The largest absolute Gasteiger partial charge is 0.550 e. The molecule has 9 heteroatoms. The number of carboxylic acids is 1. The van der Waals surface area contributed by atoms with E-state index in [-0.39, 0.29) is 6.42 Å². The molecule has 3 aromatic rings. The number of thioether (sulfide) groups is 1. The molecule has 0 N–H and O–H groups in total. The van der Waals surface area contributed by atoms with Gasteiger partial charge in [-0.05, 0) is 29.8 Å². The summed E-state index contributed by atoms with van der Waals surface area (Å²) in [6.45, 7) is 0. The molecule has 7 nitrogen and oxygen atoms in total. The van der Waals surface area contributed by atoms with Gasteiger partial charge in [0.05, 0.1) is 23.6 Å². The third kappa shape index (κ3) is 3.48. The van der Waals surface area contributed by atoms with Crippen molar-refractivity contribution in [2.24, 2.45) is 5.10 Å². The zero-order valence-electron chi connectivity index (χ0n) is 14.7. The fourth-order valence-corrected chi connectivity index (χ4v) is 4.15. The Labute approximate surface area is 170 Å². The van der Waals surface area contributed by atoms with Gasteiger partial charge >= 0.3 is 0 Å². The van der Waals surface area contributed by atoms with Gasteiger partial charge in [0.15, 0.2) is 5.82 Å². The van der Waals surface area contributed by atoms with Crippen molar-refractivity contribution < 1.29 is 14.6 Å². The topological polar surface area (TPSA) is 92.4 Å².